The lowest BCUT2D eigenvalue weighted by Gasteiger charge is -2.43. The van der Waals surface area contributed by atoms with Gasteiger partial charge in [0.2, 0.25) is 0 Å². The lowest BCUT2D eigenvalue weighted by molar-refractivity contribution is -0.193. The number of pyridine rings is 1. The van der Waals surface area contributed by atoms with Gasteiger partial charge in [0.1, 0.15) is 0 Å². The van der Waals surface area contributed by atoms with Crippen molar-refractivity contribution in [1.29, 1.82) is 0 Å². The van der Waals surface area contributed by atoms with Gasteiger partial charge in [0.25, 0.3) is 0 Å². The van der Waals surface area contributed by atoms with Gasteiger partial charge in [0.05, 0.1) is 12.2 Å². The average molecular weight is 547 g/mol. The highest BCUT2D eigenvalue weighted by atomic mass is 19.4. The molecular weight excluding hydrogens is 514 g/mol. The van der Waals surface area contributed by atoms with Gasteiger partial charge in [-0.2, -0.15) is 26.3 Å². The number of piperidine rings is 1. The Morgan fingerprint density at radius 3 is 2.00 bits per heavy atom. The molecule has 3 heterocycles. The highest BCUT2D eigenvalue weighted by Crippen LogP contribution is 2.42. The minimum Gasteiger partial charge on any atom is -0.475 e. The first-order valence-electron chi connectivity index (χ1n) is 11.5. The summed E-state index contributed by atoms with van der Waals surface area (Å²) in [5.41, 5.74) is 1.33. The number of hydrogen-bond donors (Lipinski definition) is 2. The van der Waals surface area contributed by atoms with Crippen LogP contribution in [0.4, 0.5) is 26.3 Å². The minimum atomic E-state index is -5.08. The molecule has 14 heteroatoms. The van der Waals surface area contributed by atoms with E-state index in [-0.39, 0.29) is 5.60 Å². The van der Waals surface area contributed by atoms with Crippen LogP contribution in [0.25, 0.3) is 0 Å². The van der Waals surface area contributed by atoms with Gasteiger partial charge in [-0.25, -0.2) is 9.59 Å². The predicted molar refractivity (Wildman–Crippen MR) is 119 cm³/mol. The second kappa shape index (κ2) is 14.5. The fraction of sp³-hybridized carbons (Fsp3) is 0.696. The number of carboxylic acid groups (broad SMARTS) is 2. The van der Waals surface area contributed by atoms with Crippen molar-refractivity contribution in [2.75, 3.05) is 26.3 Å². The molecule has 1 unspecified atom stereocenters. The van der Waals surface area contributed by atoms with Crippen LogP contribution in [0.15, 0.2) is 24.5 Å². The zero-order valence-corrected chi connectivity index (χ0v) is 20.5. The van der Waals surface area contributed by atoms with Crippen LogP contribution < -0.4 is 0 Å². The summed E-state index contributed by atoms with van der Waals surface area (Å²) in [6.07, 6.45) is -1.85. The summed E-state index contributed by atoms with van der Waals surface area (Å²) in [6, 6.07) is 4.68. The van der Waals surface area contributed by atoms with E-state index in [0.29, 0.717) is 18.6 Å². The summed E-state index contributed by atoms with van der Waals surface area (Å²) in [4.78, 5) is 24.4. The zero-order valence-electron chi connectivity index (χ0n) is 20.5. The lowest BCUT2D eigenvalue weighted by atomic mass is 9.78. The van der Waals surface area contributed by atoms with E-state index in [0.717, 1.165) is 19.6 Å². The van der Waals surface area contributed by atoms with Crippen LogP contribution in [0.5, 0.6) is 0 Å². The maximum absolute atomic E-state index is 10.6. The fourth-order valence-electron chi connectivity index (χ4n) is 4.06. The summed E-state index contributed by atoms with van der Waals surface area (Å²) in [6.45, 7) is 9.36. The van der Waals surface area contributed by atoms with Crippen LogP contribution in [-0.4, -0.2) is 82.3 Å². The number of aromatic nitrogens is 1. The van der Waals surface area contributed by atoms with Gasteiger partial charge in [-0.05, 0) is 63.1 Å². The molecule has 2 saturated heterocycles. The van der Waals surface area contributed by atoms with Crippen molar-refractivity contribution in [3.05, 3.63) is 30.1 Å². The Morgan fingerprint density at radius 1 is 1.08 bits per heavy atom. The fourth-order valence-corrected chi connectivity index (χ4v) is 4.06. The number of ether oxygens (including phenoxy) is 2. The quantitative estimate of drug-likeness (QED) is 0.396. The average Bonchev–Trinajstić information content (AvgIpc) is 3.19. The predicted octanol–water partition coefficient (Wildman–Crippen LogP) is 4.53. The number of rotatable bonds is 6. The molecule has 1 aromatic heterocycles. The van der Waals surface area contributed by atoms with Crippen molar-refractivity contribution in [3.8, 4) is 0 Å². The topological polar surface area (TPSA) is 109 Å². The summed E-state index contributed by atoms with van der Waals surface area (Å²) in [5, 5.41) is 14.2. The van der Waals surface area contributed by atoms with Crippen LogP contribution in [0, 0.1) is 5.92 Å². The van der Waals surface area contributed by atoms with Crippen molar-refractivity contribution < 1.29 is 55.6 Å². The first-order valence-corrected chi connectivity index (χ1v) is 11.5. The molecule has 2 N–H and O–H groups in total. The van der Waals surface area contributed by atoms with E-state index in [4.69, 9.17) is 29.3 Å². The molecule has 0 amide bonds. The molecule has 1 aromatic rings. The molecule has 2 fully saturated rings. The molecular formula is C23H32F6N2O6. The third kappa shape index (κ3) is 11.6. The van der Waals surface area contributed by atoms with Gasteiger partial charge in [0.15, 0.2) is 0 Å². The molecule has 1 atom stereocenters. The molecule has 3 rings (SSSR count). The van der Waals surface area contributed by atoms with Gasteiger partial charge in [-0.15, -0.1) is 0 Å². The first kappa shape index (κ1) is 32.6. The van der Waals surface area contributed by atoms with Crippen molar-refractivity contribution in [1.82, 2.24) is 9.88 Å². The van der Waals surface area contributed by atoms with Gasteiger partial charge >= 0.3 is 24.3 Å². The lowest BCUT2D eigenvalue weighted by Crippen LogP contribution is -2.49. The van der Waals surface area contributed by atoms with Crippen molar-refractivity contribution in [3.63, 3.8) is 0 Å². The monoisotopic (exact) mass is 546 g/mol. The molecule has 0 saturated carbocycles. The molecule has 212 valence electrons. The van der Waals surface area contributed by atoms with E-state index in [1.807, 2.05) is 24.5 Å². The van der Waals surface area contributed by atoms with E-state index in [9.17, 15) is 26.3 Å². The van der Waals surface area contributed by atoms with Crippen molar-refractivity contribution >= 4 is 11.9 Å². The largest absolute Gasteiger partial charge is 0.490 e. The second-order valence-corrected chi connectivity index (χ2v) is 8.83. The standard InChI is InChI=1S/C19H30N2O2.2C2HF3O2/c1-16(2)21-11-7-19(8-12-21)18(6-14-23-19)5-13-22-15-17-3-9-20-10-4-17;2*3-2(4,5)1(6)7/h3-4,9-10,16,18H,5-8,11-15H2,1-2H3;2*(H,6,7). The second-order valence-electron chi connectivity index (χ2n) is 8.83. The SMILES string of the molecule is CC(C)N1CCC2(CC1)OCCC2CCOCc1ccncc1.O=C(O)C(F)(F)F.O=C(O)C(F)(F)F. The molecule has 2 aliphatic rings. The van der Waals surface area contributed by atoms with E-state index in [2.05, 4.69) is 23.7 Å². The third-order valence-corrected chi connectivity index (χ3v) is 6.09. The van der Waals surface area contributed by atoms with Crippen LogP contribution in [0.2, 0.25) is 0 Å². The van der Waals surface area contributed by atoms with Crippen LogP contribution >= 0.6 is 0 Å². The van der Waals surface area contributed by atoms with Crippen LogP contribution in [-0.2, 0) is 25.7 Å². The van der Waals surface area contributed by atoms with E-state index < -0.39 is 24.3 Å². The molecule has 0 radical (unpaired) electrons. The molecule has 2 aliphatic heterocycles. The first-order chi connectivity index (χ1) is 17.1. The maximum Gasteiger partial charge on any atom is 0.490 e. The molecule has 8 nitrogen and oxygen atoms in total. The number of carbonyl (C=O) groups is 2. The normalized spacial score (nSPS) is 19.5. The van der Waals surface area contributed by atoms with E-state index >= 15 is 0 Å². The van der Waals surface area contributed by atoms with Crippen LogP contribution in [0.3, 0.4) is 0 Å². The Balaban J connectivity index is 0.000000404. The van der Waals surface area contributed by atoms with Gasteiger partial charge in [-0.1, -0.05) is 0 Å². The Labute approximate surface area is 210 Å². The number of likely N-dealkylation sites (tertiary alicyclic amines) is 1. The van der Waals surface area contributed by atoms with E-state index in [1.54, 1.807) is 0 Å². The third-order valence-electron chi connectivity index (χ3n) is 6.09. The van der Waals surface area contributed by atoms with Crippen LogP contribution in [0.1, 0.15) is 45.1 Å². The molecule has 0 bridgehead atoms. The number of nitrogens with zero attached hydrogens (tertiary/aromatic N) is 2. The summed E-state index contributed by atoms with van der Waals surface area (Å²) in [5.74, 6) is -4.85. The number of alkyl halides is 6. The Hall–Kier alpha value is -2.45. The molecule has 37 heavy (non-hydrogen) atoms. The molecule has 1 spiro atoms. The highest BCUT2D eigenvalue weighted by Gasteiger charge is 2.46. The molecule has 0 aromatic carbocycles. The van der Waals surface area contributed by atoms with Crippen molar-refractivity contribution in [2.24, 2.45) is 5.92 Å². The molecule has 0 aliphatic carbocycles. The van der Waals surface area contributed by atoms with Gasteiger partial charge < -0.3 is 24.6 Å². The highest BCUT2D eigenvalue weighted by molar-refractivity contribution is 5.73. The number of halogens is 6. The Kier molecular flexibility index (Phi) is 12.7. The summed E-state index contributed by atoms with van der Waals surface area (Å²) >= 11 is 0. The van der Waals surface area contributed by atoms with Crippen molar-refractivity contribution in [2.45, 2.75) is 70.1 Å². The smallest absolute Gasteiger partial charge is 0.475 e. The summed E-state index contributed by atoms with van der Waals surface area (Å²) in [7, 11) is 0. The Bertz CT molecular complexity index is 803. The van der Waals surface area contributed by atoms with Gasteiger partial charge in [-0.3, -0.25) is 4.98 Å². The number of carboxylic acids is 2. The Morgan fingerprint density at radius 2 is 1.57 bits per heavy atom. The maximum atomic E-state index is 10.6. The minimum absolute atomic E-state index is 0.130. The zero-order chi connectivity index (χ0) is 28.3. The van der Waals surface area contributed by atoms with Gasteiger partial charge in [0, 0.05) is 44.7 Å². The summed E-state index contributed by atoms with van der Waals surface area (Å²) < 4.78 is 75.6. The number of hydrogen-bond acceptors (Lipinski definition) is 6. The van der Waals surface area contributed by atoms with E-state index in [1.165, 1.54) is 37.9 Å². The number of aliphatic carboxylic acids is 2.